The number of primary amides is 1. The molecule has 0 bridgehead atoms. The van der Waals surface area contributed by atoms with Gasteiger partial charge in [-0.1, -0.05) is 12.1 Å². The Morgan fingerprint density at radius 2 is 2.04 bits per heavy atom. The maximum Gasteiger partial charge on any atom is 0.254 e. The molecule has 26 heavy (non-hydrogen) atoms. The van der Waals surface area contributed by atoms with Gasteiger partial charge in [-0.05, 0) is 24.6 Å². The first-order valence-electron chi connectivity index (χ1n) is 8.03. The van der Waals surface area contributed by atoms with E-state index in [-0.39, 0.29) is 11.3 Å². The summed E-state index contributed by atoms with van der Waals surface area (Å²) in [5.41, 5.74) is 7.25. The second kappa shape index (κ2) is 7.51. The summed E-state index contributed by atoms with van der Waals surface area (Å²) in [6, 6.07) is 6.71. The summed E-state index contributed by atoms with van der Waals surface area (Å²) in [5, 5.41) is 19.6. The number of phenols is 1. The van der Waals surface area contributed by atoms with Crippen molar-refractivity contribution in [3.8, 4) is 5.75 Å². The molecule has 0 saturated carbocycles. The van der Waals surface area contributed by atoms with Crippen LogP contribution in [0.25, 0.3) is 0 Å². The highest BCUT2D eigenvalue weighted by molar-refractivity contribution is 5.97. The van der Waals surface area contributed by atoms with Gasteiger partial charge in [0, 0.05) is 25.5 Å². The zero-order chi connectivity index (χ0) is 18.5. The number of nitrogens with one attached hydrogen (secondary N) is 2. The third kappa shape index (κ3) is 4.07. The standard InChI is InChI=1S/C17H19N7O2/c1-2-24-10-12(8-21-24)22-17-20-9-14(15(18)26)16(23-17)19-7-11-3-5-13(25)6-4-11/h3-6,8-10,25H,2,7H2,1H3,(H2,18,26)(H2,19,20,22,23). The number of anilines is 3. The van der Waals surface area contributed by atoms with Gasteiger partial charge < -0.3 is 21.5 Å². The van der Waals surface area contributed by atoms with Gasteiger partial charge in [0.15, 0.2) is 0 Å². The Labute approximate surface area is 149 Å². The molecular formula is C17H19N7O2. The first kappa shape index (κ1) is 17.2. The van der Waals surface area contributed by atoms with Crippen molar-refractivity contribution < 1.29 is 9.90 Å². The monoisotopic (exact) mass is 353 g/mol. The van der Waals surface area contributed by atoms with E-state index >= 15 is 0 Å². The summed E-state index contributed by atoms with van der Waals surface area (Å²) in [6.45, 7) is 3.15. The van der Waals surface area contributed by atoms with E-state index in [1.54, 1.807) is 35.1 Å². The zero-order valence-corrected chi connectivity index (χ0v) is 14.2. The molecule has 0 atom stereocenters. The van der Waals surface area contributed by atoms with Gasteiger partial charge in [-0.25, -0.2) is 4.98 Å². The van der Waals surface area contributed by atoms with Crippen molar-refractivity contribution in [2.45, 2.75) is 20.0 Å². The molecule has 0 radical (unpaired) electrons. The third-order valence-electron chi connectivity index (χ3n) is 3.66. The Balaban J connectivity index is 1.79. The minimum Gasteiger partial charge on any atom is -0.508 e. The largest absolute Gasteiger partial charge is 0.508 e. The Kier molecular flexibility index (Phi) is 4.97. The summed E-state index contributed by atoms with van der Waals surface area (Å²) >= 11 is 0. The minimum absolute atomic E-state index is 0.188. The Morgan fingerprint density at radius 1 is 1.27 bits per heavy atom. The number of aromatic hydroxyl groups is 1. The first-order chi connectivity index (χ1) is 12.5. The molecule has 0 fully saturated rings. The van der Waals surface area contributed by atoms with E-state index in [1.807, 2.05) is 13.1 Å². The molecule has 0 unspecified atom stereocenters. The molecular weight excluding hydrogens is 334 g/mol. The van der Waals surface area contributed by atoms with Gasteiger partial charge >= 0.3 is 0 Å². The van der Waals surface area contributed by atoms with Crippen LogP contribution in [0.5, 0.6) is 5.75 Å². The van der Waals surface area contributed by atoms with Crippen molar-refractivity contribution in [3.05, 3.63) is 54.0 Å². The van der Waals surface area contributed by atoms with Crippen LogP contribution in [-0.4, -0.2) is 30.8 Å². The summed E-state index contributed by atoms with van der Waals surface area (Å²) in [6.07, 6.45) is 4.87. The molecule has 3 rings (SSSR count). The molecule has 1 aromatic carbocycles. The van der Waals surface area contributed by atoms with Gasteiger partial charge in [0.05, 0.1) is 17.4 Å². The Morgan fingerprint density at radius 3 is 2.69 bits per heavy atom. The minimum atomic E-state index is -0.622. The molecule has 0 saturated heterocycles. The van der Waals surface area contributed by atoms with E-state index in [9.17, 15) is 9.90 Å². The second-order valence-electron chi connectivity index (χ2n) is 5.55. The predicted octanol–water partition coefficient (Wildman–Crippen LogP) is 1.85. The van der Waals surface area contributed by atoms with Crippen molar-refractivity contribution in [2.24, 2.45) is 5.73 Å². The van der Waals surface area contributed by atoms with Gasteiger partial charge in [-0.2, -0.15) is 10.1 Å². The van der Waals surface area contributed by atoms with Gasteiger partial charge in [0.25, 0.3) is 5.91 Å². The number of amides is 1. The molecule has 1 amide bonds. The van der Waals surface area contributed by atoms with E-state index in [4.69, 9.17) is 5.73 Å². The van der Waals surface area contributed by atoms with E-state index in [0.717, 1.165) is 17.8 Å². The van der Waals surface area contributed by atoms with Gasteiger partial charge in [0.2, 0.25) is 5.95 Å². The molecule has 9 heteroatoms. The summed E-state index contributed by atoms with van der Waals surface area (Å²) in [4.78, 5) is 20.1. The van der Waals surface area contributed by atoms with Gasteiger partial charge in [-0.3, -0.25) is 9.48 Å². The molecule has 2 aromatic heterocycles. The molecule has 3 aromatic rings. The number of phenolic OH excluding ortho intramolecular Hbond substituents is 1. The smallest absolute Gasteiger partial charge is 0.254 e. The maximum absolute atomic E-state index is 11.6. The van der Waals surface area contributed by atoms with Gasteiger partial charge in [-0.15, -0.1) is 0 Å². The van der Waals surface area contributed by atoms with Gasteiger partial charge in [0.1, 0.15) is 11.6 Å². The lowest BCUT2D eigenvalue weighted by atomic mass is 10.2. The number of hydrogen-bond acceptors (Lipinski definition) is 7. The number of rotatable bonds is 7. The SMILES string of the molecule is CCn1cc(Nc2ncc(C(N)=O)c(NCc3ccc(O)cc3)n2)cn1. The molecule has 0 aliphatic carbocycles. The predicted molar refractivity (Wildman–Crippen MR) is 97.2 cm³/mol. The number of hydrogen-bond donors (Lipinski definition) is 4. The van der Waals surface area contributed by atoms with Crippen molar-refractivity contribution >= 4 is 23.4 Å². The van der Waals surface area contributed by atoms with Crippen molar-refractivity contribution in [1.82, 2.24) is 19.7 Å². The molecule has 0 spiro atoms. The van der Waals surface area contributed by atoms with E-state index in [1.165, 1.54) is 6.20 Å². The van der Waals surface area contributed by atoms with Crippen molar-refractivity contribution in [3.63, 3.8) is 0 Å². The van der Waals surface area contributed by atoms with Crippen LogP contribution in [0, 0.1) is 0 Å². The molecule has 0 aliphatic heterocycles. The summed E-state index contributed by atoms with van der Waals surface area (Å²) in [5.74, 6) is 0.209. The fourth-order valence-corrected chi connectivity index (χ4v) is 2.29. The highest BCUT2D eigenvalue weighted by Gasteiger charge is 2.12. The third-order valence-corrected chi connectivity index (χ3v) is 3.66. The molecule has 5 N–H and O–H groups in total. The fraction of sp³-hybridized carbons (Fsp3) is 0.176. The van der Waals surface area contributed by atoms with E-state index in [0.29, 0.717) is 18.3 Å². The number of nitrogens with two attached hydrogens (primary N) is 1. The second-order valence-corrected chi connectivity index (χ2v) is 5.55. The lowest BCUT2D eigenvalue weighted by molar-refractivity contribution is 0.100. The van der Waals surface area contributed by atoms with Crippen LogP contribution < -0.4 is 16.4 Å². The number of aromatic nitrogens is 4. The van der Waals surface area contributed by atoms with Crippen LogP contribution in [-0.2, 0) is 13.1 Å². The normalized spacial score (nSPS) is 10.5. The van der Waals surface area contributed by atoms with Crippen molar-refractivity contribution in [2.75, 3.05) is 10.6 Å². The Bertz CT molecular complexity index is 906. The van der Waals surface area contributed by atoms with Crippen LogP contribution in [0.1, 0.15) is 22.8 Å². The van der Waals surface area contributed by atoms with Crippen LogP contribution in [0.2, 0.25) is 0 Å². The van der Waals surface area contributed by atoms with Crippen LogP contribution >= 0.6 is 0 Å². The van der Waals surface area contributed by atoms with Crippen LogP contribution in [0.3, 0.4) is 0 Å². The highest BCUT2D eigenvalue weighted by atomic mass is 16.3. The highest BCUT2D eigenvalue weighted by Crippen LogP contribution is 2.18. The number of carbonyl (C=O) groups excluding carboxylic acids is 1. The number of carbonyl (C=O) groups is 1. The topological polar surface area (TPSA) is 131 Å². The van der Waals surface area contributed by atoms with E-state index in [2.05, 4.69) is 25.7 Å². The number of benzene rings is 1. The zero-order valence-electron chi connectivity index (χ0n) is 14.2. The van der Waals surface area contributed by atoms with Crippen LogP contribution in [0.4, 0.5) is 17.5 Å². The quantitative estimate of drug-likeness (QED) is 0.510. The average Bonchev–Trinajstić information content (AvgIpc) is 3.09. The van der Waals surface area contributed by atoms with E-state index < -0.39 is 5.91 Å². The maximum atomic E-state index is 11.6. The lowest BCUT2D eigenvalue weighted by Gasteiger charge is -2.11. The van der Waals surface area contributed by atoms with Crippen molar-refractivity contribution in [1.29, 1.82) is 0 Å². The Hall–Kier alpha value is -3.62. The first-order valence-corrected chi connectivity index (χ1v) is 8.03. The molecule has 0 aliphatic rings. The number of aryl methyl sites for hydroxylation is 1. The number of nitrogens with zero attached hydrogens (tertiary/aromatic N) is 4. The summed E-state index contributed by atoms with van der Waals surface area (Å²) < 4.78 is 1.77. The fourth-order valence-electron chi connectivity index (χ4n) is 2.29. The van der Waals surface area contributed by atoms with Crippen LogP contribution in [0.15, 0.2) is 42.9 Å². The molecule has 2 heterocycles. The molecule has 134 valence electrons. The summed E-state index contributed by atoms with van der Waals surface area (Å²) in [7, 11) is 0. The molecule has 9 nitrogen and oxygen atoms in total. The average molecular weight is 353 g/mol. The lowest BCUT2D eigenvalue weighted by Crippen LogP contribution is -2.17.